The molecule has 0 aliphatic heterocycles. The Hall–Kier alpha value is -1.25. The van der Waals surface area contributed by atoms with Crippen LogP contribution < -0.4 is 10.5 Å². The zero-order valence-electron chi connectivity index (χ0n) is 7.72. The molecule has 0 fully saturated rings. The molecule has 0 atom stereocenters. The van der Waals surface area contributed by atoms with E-state index >= 15 is 0 Å². The monoisotopic (exact) mass is 183 g/mol. The van der Waals surface area contributed by atoms with Crippen molar-refractivity contribution in [2.24, 2.45) is 0 Å². The van der Waals surface area contributed by atoms with E-state index in [1.165, 1.54) is 12.1 Å². The normalized spacial score (nSPS) is 10.0. The lowest BCUT2D eigenvalue weighted by atomic mass is 10.3. The maximum atomic E-state index is 12.9. The van der Waals surface area contributed by atoms with E-state index in [4.69, 9.17) is 10.5 Å². The fourth-order valence-electron chi connectivity index (χ4n) is 0.932. The van der Waals surface area contributed by atoms with Crippen molar-refractivity contribution in [2.45, 2.75) is 19.8 Å². The molecule has 0 bridgehead atoms. The van der Waals surface area contributed by atoms with Gasteiger partial charge < -0.3 is 10.5 Å². The Balaban J connectivity index is 2.53. The van der Waals surface area contributed by atoms with Crippen LogP contribution in [0.3, 0.4) is 0 Å². The lowest BCUT2D eigenvalue weighted by molar-refractivity contribution is 0.308. The van der Waals surface area contributed by atoms with Crippen LogP contribution in [-0.2, 0) is 0 Å². The summed E-state index contributed by atoms with van der Waals surface area (Å²) in [5.74, 6) is 0.120. The first-order valence-corrected chi connectivity index (χ1v) is 4.42. The molecule has 0 heterocycles. The minimum absolute atomic E-state index is 0.155. The summed E-state index contributed by atoms with van der Waals surface area (Å²) < 4.78 is 18.2. The van der Waals surface area contributed by atoms with Crippen LogP contribution in [0, 0.1) is 5.82 Å². The number of nitrogen functional groups attached to an aromatic ring is 1. The molecule has 0 spiro atoms. The van der Waals surface area contributed by atoms with E-state index in [9.17, 15) is 4.39 Å². The van der Waals surface area contributed by atoms with E-state index in [0.29, 0.717) is 12.4 Å². The Labute approximate surface area is 77.5 Å². The minimum Gasteiger partial charge on any atom is -0.493 e. The van der Waals surface area contributed by atoms with Crippen LogP contribution in [0.1, 0.15) is 19.8 Å². The van der Waals surface area contributed by atoms with E-state index in [1.54, 1.807) is 6.07 Å². The fraction of sp³-hybridized carbons (Fsp3) is 0.400. The van der Waals surface area contributed by atoms with Crippen molar-refractivity contribution in [3.05, 3.63) is 24.0 Å². The molecule has 0 aliphatic rings. The van der Waals surface area contributed by atoms with Gasteiger partial charge in [0.05, 0.1) is 12.3 Å². The van der Waals surface area contributed by atoms with Gasteiger partial charge in [-0.25, -0.2) is 4.39 Å². The van der Waals surface area contributed by atoms with Crippen molar-refractivity contribution in [2.75, 3.05) is 12.3 Å². The topological polar surface area (TPSA) is 35.2 Å². The number of ether oxygens (including phenoxy) is 1. The third-order valence-corrected chi connectivity index (χ3v) is 1.74. The highest BCUT2D eigenvalue weighted by Gasteiger charge is 1.99. The summed E-state index contributed by atoms with van der Waals surface area (Å²) in [5, 5.41) is 0. The lowest BCUT2D eigenvalue weighted by Crippen LogP contribution is -1.98. The summed E-state index contributed by atoms with van der Waals surface area (Å²) in [6.07, 6.45) is 2.05. The van der Waals surface area contributed by atoms with Gasteiger partial charge in [-0.05, 0) is 18.6 Å². The SMILES string of the molecule is CCCCOc1ccc(N)c(F)c1. The highest BCUT2D eigenvalue weighted by Crippen LogP contribution is 2.17. The first-order valence-electron chi connectivity index (χ1n) is 4.42. The molecule has 0 radical (unpaired) electrons. The average Bonchev–Trinajstić information content (AvgIpc) is 2.12. The molecule has 3 heteroatoms. The fourth-order valence-corrected chi connectivity index (χ4v) is 0.932. The molecule has 0 unspecified atom stereocenters. The van der Waals surface area contributed by atoms with Crippen LogP contribution in [-0.4, -0.2) is 6.61 Å². The summed E-state index contributed by atoms with van der Waals surface area (Å²) in [6, 6.07) is 4.50. The Morgan fingerprint density at radius 3 is 2.85 bits per heavy atom. The average molecular weight is 183 g/mol. The molecule has 72 valence electrons. The minimum atomic E-state index is -0.422. The van der Waals surface area contributed by atoms with Crippen LogP contribution in [0.5, 0.6) is 5.75 Å². The van der Waals surface area contributed by atoms with E-state index in [2.05, 4.69) is 6.92 Å². The zero-order valence-corrected chi connectivity index (χ0v) is 7.72. The van der Waals surface area contributed by atoms with Gasteiger partial charge >= 0.3 is 0 Å². The van der Waals surface area contributed by atoms with Crippen molar-refractivity contribution >= 4 is 5.69 Å². The van der Waals surface area contributed by atoms with Crippen LogP contribution in [0.4, 0.5) is 10.1 Å². The van der Waals surface area contributed by atoms with E-state index in [1.807, 2.05) is 0 Å². The third-order valence-electron chi connectivity index (χ3n) is 1.74. The number of halogens is 1. The second kappa shape index (κ2) is 4.70. The molecule has 1 aromatic carbocycles. The Kier molecular flexibility index (Phi) is 3.55. The van der Waals surface area contributed by atoms with Gasteiger partial charge in [0.1, 0.15) is 11.6 Å². The quantitative estimate of drug-likeness (QED) is 0.575. The van der Waals surface area contributed by atoms with Crippen LogP contribution in [0.25, 0.3) is 0 Å². The van der Waals surface area contributed by atoms with Crippen LogP contribution in [0.15, 0.2) is 18.2 Å². The van der Waals surface area contributed by atoms with E-state index in [0.717, 1.165) is 12.8 Å². The lowest BCUT2D eigenvalue weighted by Gasteiger charge is -2.05. The standard InChI is InChI=1S/C10H14FNO/c1-2-3-6-13-8-4-5-10(12)9(11)7-8/h4-5,7H,2-3,6,12H2,1H3. The van der Waals surface area contributed by atoms with E-state index < -0.39 is 5.82 Å². The summed E-state index contributed by atoms with van der Waals surface area (Å²) >= 11 is 0. The number of rotatable bonds is 4. The molecule has 1 rings (SSSR count). The maximum absolute atomic E-state index is 12.9. The molecule has 0 aromatic heterocycles. The molecule has 0 amide bonds. The zero-order chi connectivity index (χ0) is 9.68. The number of nitrogens with two attached hydrogens (primary N) is 1. The number of anilines is 1. The summed E-state index contributed by atoms with van der Waals surface area (Å²) in [7, 11) is 0. The number of hydrogen-bond donors (Lipinski definition) is 1. The summed E-state index contributed by atoms with van der Waals surface area (Å²) in [6.45, 7) is 2.70. The Morgan fingerprint density at radius 2 is 2.23 bits per heavy atom. The van der Waals surface area contributed by atoms with Crippen molar-refractivity contribution in [3.8, 4) is 5.75 Å². The highest BCUT2D eigenvalue weighted by molar-refractivity contribution is 5.43. The molecule has 2 N–H and O–H groups in total. The molecule has 13 heavy (non-hydrogen) atoms. The predicted molar refractivity (Wildman–Crippen MR) is 51.2 cm³/mol. The molecule has 0 saturated heterocycles. The van der Waals surface area contributed by atoms with Gasteiger partial charge in [0.15, 0.2) is 0 Å². The van der Waals surface area contributed by atoms with Gasteiger partial charge in [0.2, 0.25) is 0 Å². The first kappa shape index (κ1) is 9.84. The van der Waals surface area contributed by atoms with Gasteiger partial charge in [-0.15, -0.1) is 0 Å². The number of unbranched alkanes of at least 4 members (excludes halogenated alkanes) is 1. The molecular formula is C10H14FNO. The molecular weight excluding hydrogens is 169 g/mol. The van der Waals surface area contributed by atoms with Gasteiger partial charge in [-0.1, -0.05) is 13.3 Å². The summed E-state index contributed by atoms with van der Waals surface area (Å²) in [5.41, 5.74) is 5.47. The van der Waals surface area contributed by atoms with Crippen LogP contribution >= 0.6 is 0 Å². The largest absolute Gasteiger partial charge is 0.493 e. The second-order valence-corrected chi connectivity index (χ2v) is 2.89. The van der Waals surface area contributed by atoms with E-state index in [-0.39, 0.29) is 5.69 Å². The molecule has 0 aliphatic carbocycles. The van der Waals surface area contributed by atoms with Gasteiger partial charge in [-0.2, -0.15) is 0 Å². The number of benzene rings is 1. The van der Waals surface area contributed by atoms with Gasteiger partial charge in [0.25, 0.3) is 0 Å². The highest BCUT2D eigenvalue weighted by atomic mass is 19.1. The van der Waals surface area contributed by atoms with Crippen molar-refractivity contribution < 1.29 is 9.13 Å². The second-order valence-electron chi connectivity index (χ2n) is 2.89. The molecule has 0 saturated carbocycles. The smallest absolute Gasteiger partial charge is 0.149 e. The summed E-state index contributed by atoms with van der Waals surface area (Å²) in [4.78, 5) is 0. The third kappa shape index (κ3) is 2.93. The van der Waals surface area contributed by atoms with Crippen molar-refractivity contribution in [1.29, 1.82) is 0 Å². The predicted octanol–water partition coefficient (Wildman–Crippen LogP) is 2.59. The molecule has 1 aromatic rings. The van der Waals surface area contributed by atoms with Crippen LogP contribution in [0.2, 0.25) is 0 Å². The van der Waals surface area contributed by atoms with Crippen molar-refractivity contribution in [1.82, 2.24) is 0 Å². The Bertz CT molecular complexity index is 276. The van der Waals surface area contributed by atoms with Gasteiger partial charge in [-0.3, -0.25) is 0 Å². The first-order chi connectivity index (χ1) is 6.24. The maximum Gasteiger partial charge on any atom is 0.149 e. The number of hydrogen-bond acceptors (Lipinski definition) is 2. The van der Waals surface area contributed by atoms with Gasteiger partial charge in [0, 0.05) is 6.07 Å². The Morgan fingerprint density at radius 1 is 1.46 bits per heavy atom. The van der Waals surface area contributed by atoms with Crippen molar-refractivity contribution in [3.63, 3.8) is 0 Å². The molecule has 2 nitrogen and oxygen atoms in total.